The van der Waals surface area contributed by atoms with Crippen LogP contribution in [0.3, 0.4) is 0 Å². The summed E-state index contributed by atoms with van der Waals surface area (Å²) in [5.41, 5.74) is 0.997. The van der Waals surface area contributed by atoms with Crippen LogP contribution in [-0.2, 0) is 4.79 Å². The number of thiophene rings is 1. The fourth-order valence-electron chi connectivity index (χ4n) is 0.895. The number of rotatable bonds is 3. The van der Waals surface area contributed by atoms with Crippen molar-refractivity contribution in [1.82, 2.24) is 5.32 Å². The summed E-state index contributed by atoms with van der Waals surface area (Å²) >= 11 is 1.41. The van der Waals surface area contributed by atoms with Crippen LogP contribution in [0.15, 0.2) is 17.5 Å². The summed E-state index contributed by atoms with van der Waals surface area (Å²) in [4.78, 5) is 11.2. The minimum Gasteiger partial charge on any atom is -0.353 e. The zero-order chi connectivity index (χ0) is 10.4. The third-order valence-electron chi connectivity index (χ3n) is 1.51. The molecule has 0 aliphatic carbocycles. The minimum absolute atomic E-state index is 0.0438. The fourth-order valence-corrected chi connectivity index (χ4v) is 1.56. The highest BCUT2D eigenvalue weighted by molar-refractivity contribution is 7.10. The third-order valence-corrected chi connectivity index (χ3v) is 2.36. The van der Waals surface area contributed by atoms with E-state index in [1.54, 1.807) is 0 Å². The highest BCUT2D eigenvalue weighted by Crippen LogP contribution is 2.14. The molecule has 3 nitrogen and oxygen atoms in total. The Bertz CT molecular complexity index is 387. The second-order valence-electron chi connectivity index (χ2n) is 2.70. The first kappa shape index (κ1) is 10.5. The zero-order valence-corrected chi connectivity index (χ0v) is 8.60. The average molecular weight is 206 g/mol. The Hall–Kier alpha value is -1.60. The first-order chi connectivity index (χ1) is 6.72. The lowest BCUT2D eigenvalue weighted by atomic mass is 10.3. The van der Waals surface area contributed by atoms with Crippen molar-refractivity contribution in [3.05, 3.63) is 28.0 Å². The highest BCUT2D eigenvalue weighted by Gasteiger charge is 1.93. The maximum absolute atomic E-state index is 10.5. The lowest BCUT2D eigenvalue weighted by Crippen LogP contribution is -2.19. The van der Waals surface area contributed by atoms with Gasteiger partial charge in [0.25, 0.3) is 0 Å². The van der Waals surface area contributed by atoms with Crippen LogP contribution in [-0.4, -0.2) is 12.5 Å². The Labute approximate surface area is 86.7 Å². The van der Waals surface area contributed by atoms with Crippen molar-refractivity contribution < 1.29 is 4.79 Å². The van der Waals surface area contributed by atoms with Gasteiger partial charge in [-0.3, -0.25) is 4.79 Å². The van der Waals surface area contributed by atoms with Gasteiger partial charge in [-0.15, -0.1) is 11.3 Å². The summed E-state index contributed by atoms with van der Waals surface area (Å²) < 4.78 is 0. The normalized spacial score (nSPS) is 10.0. The van der Waals surface area contributed by atoms with Crippen LogP contribution in [0, 0.1) is 11.3 Å². The number of nitrogens with zero attached hydrogens (tertiary/aromatic N) is 1. The van der Waals surface area contributed by atoms with Crippen LogP contribution in [0.4, 0.5) is 0 Å². The highest BCUT2D eigenvalue weighted by atomic mass is 32.1. The molecule has 0 saturated heterocycles. The predicted molar refractivity (Wildman–Crippen MR) is 56.8 cm³/mol. The van der Waals surface area contributed by atoms with E-state index in [-0.39, 0.29) is 5.91 Å². The predicted octanol–water partition coefficient (Wildman–Crippen LogP) is 1.77. The lowest BCUT2D eigenvalue weighted by Gasteiger charge is -1.93. The summed E-state index contributed by atoms with van der Waals surface area (Å²) in [6.07, 6.45) is 3.73. The molecule has 0 unspecified atom stereocenters. The Balaban J connectivity index is 2.44. The van der Waals surface area contributed by atoms with Gasteiger partial charge in [-0.1, -0.05) is 12.2 Å². The topological polar surface area (TPSA) is 52.9 Å². The molecular formula is C10H10N2OS. The summed E-state index contributed by atoms with van der Waals surface area (Å²) in [7, 11) is 0. The van der Waals surface area contributed by atoms with Gasteiger partial charge < -0.3 is 5.32 Å². The van der Waals surface area contributed by atoms with E-state index in [4.69, 9.17) is 5.26 Å². The van der Waals surface area contributed by atoms with Crippen molar-refractivity contribution in [2.24, 2.45) is 0 Å². The molecule has 14 heavy (non-hydrogen) atoms. The van der Waals surface area contributed by atoms with E-state index in [9.17, 15) is 4.79 Å². The van der Waals surface area contributed by atoms with E-state index >= 15 is 0 Å². The van der Waals surface area contributed by atoms with Crippen molar-refractivity contribution >= 4 is 23.3 Å². The molecule has 0 aliphatic heterocycles. The van der Waals surface area contributed by atoms with E-state index in [1.165, 1.54) is 18.3 Å². The average Bonchev–Trinajstić information content (AvgIpc) is 2.60. The number of hydrogen-bond acceptors (Lipinski definition) is 3. The monoisotopic (exact) mass is 206 g/mol. The van der Waals surface area contributed by atoms with Gasteiger partial charge in [-0.05, 0) is 17.0 Å². The van der Waals surface area contributed by atoms with Crippen LogP contribution < -0.4 is 5.32 Å². The number of carbonyl (C=O) groups excluding carboxylic acids is 1. The molecule has 0 aliphatic rings. The molecule has 0 atom stereocenters. The molecule has 0 spiro atoms. The molecule has 0 radical (unpaired) electrons. The van der Waals surface area contributed by atoms with E-state index in [2.05, 4.69) is 11.4 Å². The quantitative estimate of drug-likeness (QED) is 0.819. The summed E-state index contributed by atoms with van der Waals surface area (Å²) in [5.74, 6) is -0.0438. The van der Waals surface area contributed by atoms with Gasteiger partial charge in [0, 0.05) is 13.5 Å². The summed E-state index contributed by atoms with van der Waals surface area (Å²) in [5, 5.41) is 13.1. The number of amides is 1. The molecule has 4 heteroatoms. The number of carbonyl (C=O) groups is 1. The number of hydrogen-bond donors (Lipinski definition) is 1. The van der Waals surface area contributed by atoms with Crippen LogP contribution in [0.2, 0.25) is 0 Å². The molecule has 0 saturated carbocycles. The van der Waals surface area contributed by atoms with E-state index in [1.807, 2.05) is 23.6 Å². The van der Waals surface area contributed by atoms with Gasteiger partial charge >= 0.3 is 0 Å². The fraction of sp³-hybridized carbons (Fsp3) is 0.200. The van der Waals surface area contributed by atoms with Crippen molar-refractivity contribution in [3.8, 4) is 6.07 Å². The maximum Gasteiger partial charge on any atom is 0.217 e. The van der Waals surface area contributed by atoms with Crippen LogP contribution >= 0.6 is 11.3 Å². The van der Waals surface area contributed by atoms with E-state index in [0.29, 0.717) is 11.4 Å². The van der Waals surface area contributed by atoms with Gasteiger partial charge in [0.05, 0.1) is 0 Å². The van der Waals surface area contributed by atoms with Crippen LogP contribution in [0.1, 0.15) is 17.4 Å². The second-order valence-corrected chi connectivity index (χ2v) is 3.61. The molecule has 1 N–H and O–H groups in total. The maximum atomic E-state index is 10.5. The third kappa shape index (κ3) is 3.42. The summed E-state index contributed by atoms with van der Waals surface area (Å²) in [6, 6.07) is 3.89. The smallest absolute Gasteiger partial charge is 0.217 e. The van der Waals surface area contributed by atoms with Crippen molar-refractivity contribution in [1.29, 1.82) is 5.26 Å². The molecular weight excluding hydrogens is 196 g/mol. The molecule has 0 fully saturated rings. The lowest BCUT2D eigenvalue weighted by molar-refractivity contribution is -0.118. The minimum atomic E-state index is -0.0438. The van der Waals surface area contributed by atoms with Crippen LogP contribution in [0.5, 0.6) is 0 Å². The SMILES string of the molecule is CC(=O)NCC=Cc1csc(C#N)c1. The second kappa shape index (κ2) is 5.20. The van der Waals surface area contributed by atoms with Gasteiger partial charge in [-0.2, -0.15) is 5.26 Å². The van der Waals surface area contributed by atoms with E-state index < -0.39 is 0 Å². The van der Waals surface area contributed by atoms with Crippen LogP contribution in [0.25, 0.3) is 6.08 Å². The molecule has 1 rings (SSSR count). The van der Waals surface area contributed by atoms with Gasteiger partial charge in [0.15, 0.2) is 0 Å². The van der Waals surface area contributed by atoms with Crippen molar-refractivity contribution in [3.63, 3.8) is 0 Å². The molecule has 1 aromatic heterocycles. The van der Waals surface area contributed by atoms with E-state index in [0.717, 1.165) is 5.56 Å². The Morgan fingerprint density at radius 3 is 3.14 bits per heavy atom. The molecule has 1 amide bonds. The van der Waals surface area contributed by atoms with Crippen molar-refractivity contribution in [2.45, 2.75) is 6.92 Å². The molecule has 1 aromatic rings. The molecule has 1 heterocycles. The van der Waals surface area contributed by atoms with Gasteiger partial charge in [0.1, 0.15) is 10.9 Å². The first-order valence-electron chi connectivity index (χ1n) is 4.12. The zero-order valence-electron chi connectivity index (χ0n) is 7.78. The Morgan fingerprint density at radius 1 is 1.79 bits per heavy atom. The number of nitrogens with one attached hydrogen (secondary N) is 1. The Morgan fingerprint density at radius 2 is 2.57 bits per heavy atom. The van der Waals surface area contributed by atoms with Gasteiger partial charge in [-0.25, -0.2) is 0 Å². The summed E-state index contributed by atoms with van der Waals surface area (Å²) in [6.45, 7) is 2.00. The van der Waals surface area contributed by atoms with Crippen molar-refractivity contribution in [2.75, 3.05) is 6.54 Å². The van der Waals surface area contributed by atoms with Gasteiger partial charge in [0.2, 0.25) is 5.91 Å². The first-order valence-corrected chi connectivity index (χ1v) is 5.00. The molecule has 72 valence electrons. The molecule has 0 aromatic carbocycles. The number of nitriles is 1. The molecule has 0 bridgehead atoms. The standard InChI is InChI=1S/C10H10N2OS/c1-8(13)12-4-2-3-9-5-10(6-11)14-7-9/h2-3,5,7H,4H2,1H3,(H,12,13). The largest absolute Gasteiger partial charge is 0.353 e. The Kier molecular flexibility index (Phi) is 3.89.